The molecule has 0 saturated carbocycles. The summed E-state index contributed by atoms with van der Waals surface area (Å²) < 4.78 is 4.56. The number of hydrogen-bond acceptors (Lipinski definition) is 4. The molecular weight excluding hydrogens is 258 g/mol. The molecule has 5 nitrogen and oxygen atoms in total. The maximum atomic E-state index is 11.5. The third-order valence-corrected chi connectivity index (χ3v) is 2.97. The Balaban J connectivity index is 2.32. The smallest absolute Gasteiger partial charge is 0.339 e. The lowest BCUT2D eigenvalue weighted by molar-refractivity contribution is -0.121. The lowest BCUT2D eigenvalue weighted by atomic mass is 10.2. The summed E-state index contributed by atoms with van der Waals surface area (Å²) in [5, 5.41) is 0.187. The van der Waals surface area contributed by atoms with Gasteiger partial charge in [-0.05, 0) is 18.2 Å². The topological polar surface area (TPSA) is 63.7 Å². The highest BCUT2D eigenvalue weighted by molar-refractivity contribution is 6.34. The highest BCUT2D eigenvalue weighted by Gasteiger charge is 2.29. The maximum Gasteiger partial charge on any atom is 0.339 e. The Labute approximate surface area is 108 Å². The fourth-order valence-corrected chi connectivity index (χ4v) is 2.02. The number of ether oxygens (including phenoxy) is 1. The predicted molar refractivity (Wildman–Crippen MR) is 64.8 cm³/mol. The van der Waals surface area contributed by atoms with Gasteiger partial charge < -0.3 is 9.64 Å². The van der Waals surface area contributed by atoms with Crippen molar-refractivity contribution in [3.8, 4) is 0 Å². The maximum absolute atomic E-state index is 11.5. The molecule has 0 atom stereocenters. The fourth-order valence-electron chi connectivity index (χ4n) is 1.77. The zero-order chi connectivity index (χ0) is 13.3. The van der Waals surface area contributed by atoms with Gasteiger partial charge in [0.05, 0.1) is 30.7 Å². The Morgan fingerprint density at radius 1 is 1.39 bits per heavy atom. The molecule has 2 rings (SSSR count). The van der Waals surface area contributed by atoms with Gasteiger partial charge in [-0.25, -0.2) is 4.79 Å². The molecule has 1 saturated heterocycles. The van der Waals surface area contributed by atoms with Crippen LogP contribution < -0.4 is 4.90 Å². The average molecular weight is 268 g/mol. The van der Waals surface area contributed by atoms with Crippen LogP contribution in [0.5, 0.6) is 0 Å². The molecule has 0 aromatic heterocycles. The van der Waals surface area contributed by atoms with Crippen molar-refractivity contribution in [2.45, 2.75) is 6.42 Å². The van der Waals surface area contributed by atoms with E-state index in [4.69, 9.17) is 11.6 Å². The largest absolute Gasteiger partial charge is 0.465 e. The molecule has 94 valence electrons. The molecule has 1 fully saturated rings. The van der Waals surface area contributed by atoms with Crippen LogP contribution in [0.2, 0.25) is 5.02 Å². The number of rotatable bonds is 2. The molecule has 0 spiro atoms. The fraction of sp³-hybridized carbons (Fsp3) is 0.250. The van der Waals surface area contributed by atoms with Gasteiger partial charge in [-0.15, -0.1) is 0 Å². The summed E-state index contributed by atoms with van der Waals surface area (Å²) in [4.78, 5) is 35.4. The molecule has 1 aromatic carbocycles. The molecule has 1 amide bonds. The number of benzene rings is 1. The summed E-state index contributed by atoms with van der Waals surface area (Å²) in [5.41, 5.74) is 0.726. The van der Waals surface area contributed by atoms with E-state index < -0.39 is 5.97 Å². The first kappa shape index (κ1) is 12.6. The standard InChI is InChI=1S/C12H10ClNO4/c1-18-12(17)9-3-2-7(4-10(9)13)14-6-8(15)5-11(14)16/h2-4H,5-6H2,1H3. The Morgan fingerprint density at radius 2 is 2.11 bits per heavy atom. The number of halogens is 1. The molecule has 0 bridgehead atoms. The molecule has 1 heterocycles. The third-order valence-electron chi connectivity index (χ3n) is 2.65. The molecule has 6 heteroatoms. The quantitative estimate of drug-likeness (QED) is 0.601. The van der Waals surface area contributed by atoms with Crippen LogP contribution in [0.4, 0.5) is 5.69 Å². The molecule has 1 aromatic rings. The van der Waals surface area contributed by atoms with Crippen molar-refractivity contribution in [2.24, 2.45) is 0 Å². The first-order chi connectivity index (χ1) is 8.52. The van der Waals surface area contributed by atoms with E-state index in [0.29, 0.717) is 5.69 Å². The number of hydrogen-bond donors (Lipinski definition) is 0. The zero-order valence-corrected chi connectivity index (χ0v) is 10.4. The minimum Gasteiger partial charge on any atom is -0.465 e. The SMILES string of the molecule is COC(=O)c1ccc(N2CC(=O)CC2=O)cc1Cl. The van der Waals surface area contributed by atoms with Crippen molar-refractivity contribution in [1.29, 1.82) is 0 Å². The van der Waals surface area contributed by atoms with Gasteiger partial charge in [0.1, 0.15) is 0 Å². The van der Waals surface area contributed by atoms with Crippen LogP contribution in [-0.2, 0) is 14.3 Å². The van der Waals surface area contributed by atoms with Crippen LogP contribution in [0.25, 0.3) is 0 Å². The molecule has 0 aliphatic carbocycles. The van der Waals surface area contributed by atoms with Gasteiger partial charge in [-0.3, -0.25) is 9.59 Å². The van der Waals surface area contributed by atoms with Gasteiger partial charge in [0.25, 0.3) is 0 Å². The van der Waals surface area contributed by atoms with Crippen molar-refractivity contribution < 1.29 is 19.1 Å². The Bertz CT molecular complexity index is 541. The number of esters is 1. The van der Waals surface area contributed by atoms with Crippen LogP contribution in [0.15, 0.2) is 18.2 Å². The summed E-state index contributed by atoms with van der Waals surface area (Å²) in [6.45, 7) is 0.0483. The number of amides is 1. The van der Waals surface area contributed by atoms with E-state index in [0.717, 1.165) is 0 Å². The van der Waals surface area contributed by atoms with Gasteiger partial charge in [-0.2, -0.15) is 0 Å². The van der Waals surface area contributed by atoms with Gasteiger partial charge >= 0.3 is 5.97 Å². The van der Waals surface area contributed by atoms with Crippen LogP contribution in [0.3, 0.4) is 0 Å². The van der Waals surface area contributed by atoms with E-state index in [1.54, 1.807) is 6.07 Å². The second kappa shape index (κ2) is 4.78. The lowest BCUT2D eigenvalue weighted by Crippen LogP contribution is -2.24. The number of nitrogens with zero attached hydrogens (tertiary/aromatic N) is 1. The van der Waals surface area contributed by atoms with E-state index >= 15 is 0 Å². The third kappa shape index (κ3) is 2.22. The summed E-state index contributed by atoms with van der Waals surface area (Å²) in [7, 11) is 1.26. The highest BCUT2D eigenvalue weighted by atomic mass is 35.5. The number of carbonyl (C=O) groups excluding carboxylic acids is 3. The first-order valence-corrected chi connectivity index (χ1v) is 5.60. The lowest BCUT2D eigenvalue weighted by Gasteiger charge is -2.15. The highest BCUT2D eigenvalue weighted by Crippen LogP contribution is 2.26. The number of ketones is 1. The van der Waals surface area contributed by atoms with Gasteiger partial charge in [0, 0.05) is 5.69 Å². The van der Waals surface area contributed by atoms with Crippen molar-refractivity contribution in [3.63, 3.8) is 0 Å². The summed E-state index contributed by atoms with van der Waals surface area (Å²) in [6.07, 6.45) is -0.0869. The van der Waals surface area contributed by atoms with E-state index in [9.17, 15) is 14.4 Å². The van der Waals surface area contributed by atoms with E-state index in [2.05, 4.69) is 4.74 Å². The van der Waals surface area contributed by atoms with Crippen molar-refractivity contribution in [2.75, 3.05) is 18.6 Å². The second-order valence-electron chi connectivity index (χ2n) is 3.85. The zero-order valence-electron chi connectivity index (χ0n) is 9.60. The van der Waals surface area contributed by atoms with E-state index in [-0.39, 0.29) is 35.2 Å². The first-order valence-electron chi connectivity index (χ1n) is 5.23. The van der Waals surface area contributed by atoms with E-state index in [1.807, 2.05) is 0 Å². The molecule has 0 radical (unpaired) electrons. The van der Waals surface area contributed by atoms with Crippen molar-refractivity contribution >= 4 is 34.9 Å². The van der Waals surface area contributed by atoms with Gasteiger partial charge in [0.15, 0.2) is 5.78 Å². The summed E-state index contributed by atoms with van der Waals surface area (Å²) >= 11 is 5.94. The number of anilines is 1. The summed E-state index contributed by atoms with van der Waals surface area (Å²) in [5.74, 6) is -0.939. The van der Waals surface area contributed by atoms with Crippen LogP contribution in [-0.4, -0.2) is 31.3 Å². The number of Topliss-reactive ketones (excluding diaryl/α,β-unsaturated/α-hetero) is 1. The molecular formula is C12H10ClNO4. The Morgan fingerprint density at radius 3 is 2.61 bits per heavy atom. The Kier molecular flexibility index (Phi) is 3.34. The van der Waals surface area contributed by atoms with Crippen molar-refractivity contribution in [1.82, 2.24) is 0 Å². The summed E-state index contributed by atoms with van der Waals surface area (Å²) in [6, 6.07) is 4.51. The molecule has 1 aliphatic heterocycles. The molecule has 0 N–H and O–H groups in total. The van der Waals surface area contributed by atoms with Gasteiger partial charge in [-0.1, -0.05) is 11.6 Å². The minimum atomic E-state index is -0.546. The molecule has 1 aliphatic rings. The van der Waals surface area contributed by atoms with E-state index in [1.165, 1.54) is 24.1 Å². The number of carbonyl (C=O) groups is 3. The molecule has 0 unspecified atom stereocenters. The van der Waals surface area contributed by atoms with Crippen LogP contribution in [0.1, 0.15) is 16.8 Å². The average Bonchev–Trinajstić information content (AvgIpc) is 2.67. The van der Waals surface area contributed by atoms with Crippen molar-refractivity contribution in [3.05, 3.63) is 28.8 Å². The van der Waals surface area contributed by atoms with Crippen LogP contribution >= 0.6 is 11.6 Å². The number of methoxy groups -OCH3 is 1. The Hall–Kier alpha value is -1.88. The molecule has 18 heavy (non-hydrogen) atoms. The van der Waals surface area contributed by atoms with Gasteiger partial charge in [0.2, 0.25) is 5.91 Å². The van der Waals surface area contributed by atoms with Crippen LogP contribution in [0, 0.1) is 0 Å². The minimum absolute atomic E-state index is 0.0483. The monoisotopic (exact) mass is 267 g/mol. The second-order valence-corrected chi connectivity index (χ2v) is 4.26. The normalized spacial score (nSPS) is 15.1. The predicted octanol–water partition coefficient (Wildman–Crippen LogP) is 1.43.